The smallest absolute Gasteiger partial charge is 0.328 e. The van der Waals surface area contributed by atoms with Crippen LogP contribution in [0.4, 0.5) is 0 Å². The standard InChI is InChI=1S/C16H20N4O3.ClH/c1-2-20-15(22)11-6-5-10(7-13(11)19-16(20)23)14(21)18-8-12(17)9-3-4-9;/h5-7,9,12H,2-4,8,17H2,1H3,(H,18,21)(H,19,23);1H. The molecule has 0 spiro atoms. The Kier molecular flexibility index (Phi) is 5.46. The topological polar surface area (TPSA) is 110 Å². The second-order valence-electron chi connectivity index (χ2n) is 5.95. The molecule has 2 aromatic rings. The first kappa shape index (κ1) is 18.2. The molecule has 1 aromatic heterocycles. The van der Waals surface area contributed by atoms with E-state index in [2.05, 4.69) is 10.3 Å². The zero-order valence-electron chi connectivity index (χ0n) is 13.4. The fourth-order valence-electron chi connectivity index (χ4n) is 2.69. The first-order valence-corrected chi connectivity index (χ1v) is 7.82. The summed E-state index contributed by atoms with van der Waals surface area (Å²) in [5.74, 6) is 0.249. The first-order valence-electron chi connectivity index (χ1n) is 7.82. The zero-order valence-corrected chi connectivity index (χ0v) is 14.2. The predicted molar refractivity (Wildman–Crippen MR) is 94.8 cm³/mol. The molecule has 1 heterocycles. The Balaban J connectivity index is 0.00000208. The molecule has 1 aliphatic rings. The molecular weight excluding hydrogens is 332 g/mol. The highest BCUT2D eigenvalue weighted by Crippen LogP contribution is 2.31. The lowest BCUT2D eigenvalue weighted by atomic mass is 10.1. The largest absolute Gasteiger partial charge is 0.350 e. The first-order chi connectivity index (χ1) is 11.0. The molecule has 1 aromatic carbocycles. The number of nitrogens with two attached hydrogens (primary N) is 1. The number of rotatable bonds is 5. The molecule has 130 valence electrons. The number of aromatic nitrogens is 2. The molecule has 1 unspecified atom stereocenters. The predicted octanol–water partition coefficient (Wildman–Crippen LogP) is 0.599. The number of hydrogen-bond acceptors (Lipinski definition) is 4. The lowest BCUT2D eigenvalue weighted by molar-refractivity contribution is 0.0950. The molecule has 0 radical (unpaired) electrons. The fraction of sp³-hybridized carbons (Fsp3) is 0.438. The van der Waals surface area contributed by atoms with Gasteiger partial charge in [0, 0.05) is 24.7 Å². The van der Waals surface area contributed by atoms with E-state index in [1.54, 1.807) is 19.1 Å². The molecule has 0 bridgehead atoms. The van der Waals surface area contributed by atoms with Gasteiger partial charge in [0.1, 0.15) is 0 Å². The van der Waals surface area contributed by atoms with Crippen molar-refractivity contribution in [2.75, 3.05) is 6.54 Å². The number of carbonyl (C=O) groups is 1. The van der Waals surface area contributed by atoms with Crippen molar-refractivity contribution in [2.45, 2.75) is 32.4 Å². The second-order valence-corrected chi connectivity index (χ2v) is 5.95. The fourth-order valence-corrected chi connectivity index (χ4v) is 2.69. The van der Waals surface area contributed by atoms with E-state index in [9.17, 15) is 14.4 Å². The van der Waals surface area contributed by atoms with E-state index in [0.29, 0.717) is 35.5 Å². The molecule has 1 amide bonds. The van der Waals surface area contributed by atoms with Gasteiger partial charge in [0.2, 0.25) is 0 Å². The van der Waals surface area contributed by atoms with Gasteiger partial charge >= 0.3 is 5.69 Å². The lowest BCUT2D eigenvalue weighted by Gasteiger charge is -2.12. The normalized spacial score (nSPS) is 14.9. The average molecular weight is 353 g/mol. The van der Waals surface area contributed by atoms with Crippen LogP contribution in [0.2, 0.25) is 0 Å². The summed E-state index contributed by atoms with van der Waals surface area (Å²) in [6, 6.07) is 4.65. The van der Waals surface area contributed by atoms with Gasteiger partial charge in [-0.1, -0.05) is 0 Å². The third-order valence-electron chi connectivity index (χ3n) is 4.29. The maximum absolute atomic E-state index is 12.2. The van der Waals surface area contributed by atoms with Crippen LogP contribution in [0.5, 0.6) is 0 Å². The average Bonchev–Trinajstić information content (AvgIpc) is 3.37. The lowest BCUT2D eigenvalue weighted by Crippen LogP contribution is -2.38. The van der Waals surface area contributed by atoms with Crippen LogP contribution in [0.15, 0.2) is 27.8 Å². The van der Waals surface area contributed by atoms with Crippen LogP contribution in [0.3, 0.4) is 0 Å². The Labute approximate surface area is 144 Å². The molecule has 0 saturated heterocycles. The van der Waals surface area contributed by atoms with E-state index in [1.165, 1.54) is 6.07 Å². The van der Waals surface area contributed by atoms with Crippen molar-refractivity contribution in [3.8, 4) is 0 Å². The molecule has 1 aliphatic carbocycles. The minimum absolute atomic E-state index is 0. The Morgan fingerprint density at radius 2 is 2.12 bits per heavy atom. The van der Waals surface area contributed by atoms with Crippen LogP contribution in [-0.2, 0) is 6.54 Å². The summed E-state index contributed by atoms with van der Waals surface area (Å²) in [5, 5.41) is 3.18. The minimum Gasteiger partial charge on any atom is -0.350 e. The number of carbonyl (C=O) groups excluding carboxylic acids is 1. The maximum atomic E-state index is 12.2. The quantitative estimate of drug-likeness (QED) is 0.731. The van der Waals surface area contributed by atoms with Crippen molar-refractivity contribution in [3.05, 3.63) is 44.6 Å². The summed E-state index contributed by atoms with van der Waals surface area (Å²) < 4.78 is 1.12. The number of hydrogen-bond donors (Lipinski definition) is 3. The number of H-pyrrole nitrogens is 1. The van der Waals surface area contributed by atoms with Crippen LogP contribution >= 0.6 is 12.4 Å². The molecule has 7 nitrogen and oxygen atoms in total. The summed E-state index contributed by atoms with van der Waals surface area (Å²) in [5.41, 5.74) is 5.89. The maximum Gasteiger partial charge on any atom is 0.328 e. The van der Waals surface area contributed by atoms with E-state index in [-0.39, 0.29) is 29.9 Å². The number of aromatic amines is 1. The highest BCUT2D eigenvalue weighted by atomic mass is 35.5. The van der Waals surface area contributed by atoms with Crippen molar-refractivity contribution >= 4 is 29.2 Å². The van der Waals surface area contributed by atoms with Crippen molar-refractivity contribution in [2.24, 2.45) is 11.7 Å². The zero-order chi connectivity index (χ0) is 16.6. The van der Waals surface area contributed by atoms with Gasteiger partial charge in [-0.3, -0.25) is 14.2 Å². The van der Waals surface area contributed by atoms with Gasteiger partial charge < -0.3 is 16.0 Å². The summed E-state index contributed by atoms with van der Waals surface area (Å²) in [6.45, 7) is 2.45. The van der Waals surface area contributed by atoms with Crippen LogP contribution in [-0.4, -0.2) is 28.0 Å². The molecule has 3 rings (SSSR count). The Bertz CT molecular complexity index is 870. The number of amides is 1. The highest BCUT2D eigenvalue weighted by molar-refractivity contribution is 5.97. The third-order valence-corrected chi connectivity index (χ3v) is 4.29. The molecule has 1 fully saturated rings. The van der Waals surface area contributed by atoms with Gasteiger partial charge in [-0.2, -0.15) is 0 Å². The Morgan fingerprint density at radius 3 is 2.75 bits per heavy atom. The molecule has 8 heteroatoms. The van der Waals surface area contributed by atoms with Gasteiger partial charge in [0.15, 0.2) is 0 Å². The van der Waals surface area contributed by atoms with Crippen molar-refractivity contribution in [3.63, 3.8) is 0 Å². The van der Waals surface area contributed by atoms with Gasteiger partial charge in [0.05, 0.1) is 10.9 Å². The molecule has 1 saturated carbocycles. The van der Waals surface area contributed by atoms with Crippen molar-refractivity contribution < 1.29 is 4.79 Å². The van der Waals surface area contributed by atoms with E-state index >= 15 is 0 Å². The van der Waals surface area contributed by atoms with Crippen LogP contribution in [0.25, 0.3) is 10.9 Å². The number of nitrogens with zero attached hydrogens (tertiary/aromatic N) is 1. The number of nitrogens with one attached hydrogen (secondary N) is 2. The van der Waals surface area contributed by atoms with E-state index in [4.69, 9.17) is 5.73 Å². The van der Waals surface area contributed by atoms with Crippen LogP contribution < -0.4 is 22.3 Å². The van der Waals surface area contributed by atoms with E-state index < -0.39 is 5.69 Å². The van der Waals surface area contributed by atoms with Crippen molar-refractivity contribution in [1.29, 1.82) is 0 Å². The molecular formula is C16H21ClN4O3. The van der Waals surface area contributed by atoms with Crippen LogP contribution in [0.1, 0.15) is 30.1 Å². The third kappa shape index (κ3) is 3.52. The van der Waals surface area contributed by atoms with Crippen LogP contribution in [0, 0.1) is 5.92 Å². The monoisotopic (exact) mass is 352 g/mol. The number of halogens is 1. The Hall–Kier alpha value is -2.12. The number of benzene rings is 1. The van der Waals surface area contributed by atoms with E-state index in [0.717, 1.165) is 17.4 Å². The summed E-state index contributed by atoms with van der Waals surface area (Å²) in [6.07, 6.45) is 2.25. The van der Waals surface area contributed by atoms with Gasteiger partial charge in [-0.25, -0.2) is 4.79 Å². The van der Waals surface area contributed by atoms with Gasteiger partial charge in [-0.05, 0) is 43.9 Å². The Morgan fingerprint density at radius 1 is 1.42 bits per heavy atom. The van der Waals surface area contributed by atoms with Gasteiger partial charge in [-0.15, -0.1) is 12.4 Å². The number of fused-ring (bicyclic) bond motifs is 1. The molecule has 1 atom stereocenters. The minimum atomic E-state index is -0.474. The molecule has 24 heavy (non-hydrogen) atoms. The highest BCUT2D eigenvalue weighted by Gasteiger charge is 2.28. The summed E-state index contributed by atoms with van der Waals surface area (Å²) >= 11 is 0. The SMILES string of the molecule is CCn1c(=O)[nH]c2cc(C(=O)NCC(N)C3CC3)ccc2c1=O.Cl. The molecule has 0 aliphatic heterocycles. The molecule has 4 N–H and O–H groups in total. The summed E-state index contributed by atoms with van der Waals surface area (Å²) in [4.78, 5) is 38.9. The van der Waals surface area contributed by atoms with E-state index in [1.807, 2.05) is 0 Å². The van der Waals surface area contributed by atoms with Crippen molar-refractivity contribution in [1.82, 2.24) is 14.9 Å². The summed E-state index contributed by atoms with van der Waals surface area (Å²) in [7, 11) is 0. The van der Waals surface area contributed by atoms with Gasteiger partial charge in [0.25, 0.3) is 11.5 Å². The second kappa shape index (κ2) is 7.19.